The Morgan fingerprint density at radius 1 is 0.429 bits per heavy atom. The highest BCUT2D eigenvalue weighted by Gasteiger charge is 2.28. The van der Waals surface area contributed by atoms with Crippen LogP contribution in [0.1, 0.15) is 113 Å². The van der Waals surface area contributed by atoms with E-state index in [2.05, 4.69) is 56.3 Å². The fraction of sp³-hybridized carbons (Fsp3) is 0.379. The van der Waals surface area contributed by atoms with E-state index in [1.54, 1.807) is 7.11 Å². The van der Waals surface area contributed by atoms with E-state index < -0.39 is 0 Å². The molecule has 0 atom stereocenters. The molecule has 10 rings (SSSR count). The third kappa shape index (κ3) is 7.98. The minimum atomic E-state index is 0.306. The number of methoxy groups -OCH3 is 1. The number of benzene rings is 6. The lowest BCUT2D eigenvalue weighted by atomic mass is 9.76. The molecule has 0 aliphatic heterocycles. The van der Waals surface area contributed by atoms with Gasteiger partial charge in [-0.3, -0.25) is 0 Å². The minimum absolute atomic E-state index is 0.306. The van der Waals surface area contributed by atoms with Gasteiger partial charge in [-0.25, -0.2) is 0 Å². The average Bonchev–Trinajstić information content (AvgIpc) is 3.31. The third-order valence-electron chi connectivity index (χ3n) is 14.5. The van der Waals surface area contributed by atoms with Gasteiger partial charge in [0.2, 0.25) is 0 Å². The number of aryl methyl sites for hydroxylation is 6. The first-order valence-electron chi connectivity index (χ1n) is 23.9. The molecule has 5 heteroatoms. The van der Waals surface area contributed by atoms with Crippen LogP contribution in [-0.4, -0.2) is 30.5 Å². The highest BCUT2D eigenvalue weighted by molar-refractivity contribution is 5.90. The smallest absolute Gasteiger partial charge is 0.131 e. The van der Waals surface area contributed by atoms with Crippen LogP contribution in [0.5, 0.6) is 28.7 Å². The molecule has 6 aromatic carbocycles. The van der Waals surface area contributed by atoms with Crippen LogP contribution in [0.3, 0.4) is 0 Å². The molecule has 0 bridgehead atoms. The highest BCUT2D eigenvalue weighted by Crippen LogP contribution is 2.50. The van der Waals surface area contributed by atoms with Crippen molar-refractivity contribution in [1.29, 1.82) is 0 Å². The Kier molecular flexibility index (Phi) is 11.7. The Morgan fingerprint density at radius 2 is 0.841 bits per heavy atom. The van der Waals surface area contributed by atoms with Gasteiger partial charge in [-0.15, -0.1) is 0 Å². The molecule has 0 spiro atoms. The average molecular weight is 839 g/mol. The number of hydrogen-bond donors (Lipinski definition) is 2. The van der Waals surface area contributed by atoms with E-state index in [-0.39, 0.29) is 0 Å². The molecule has 0 amide bonds. The van der Waals surface area contributed by atoms with Crippen molar-refractivity contribution in [1.82, 2.24) is 0 Å². The van der Waals surface area contributed by atoms with E-state index in [0.29, 0.717) is 42.6 Å². The largest absolute Gasteiger partial charge is 0.507 e. The predicted octanol–water partition coefficient (Wildman–Crippen LogP) is 13.8. The summed E-state index contributed by atoms with van der Waals surface area (Å²) < 4.78 is 18.8. The van der Waals surface area contributed by atoms with Crippen molar-refractivity contribution >= 4 is 0 Å². The van der Waals surface area contributed by atoms with E-state index in [0.717, 1.165) is 102 Å². The number of rotatable bonds is 11. The Labute approximate surface area is 374 Å². The van der Waals surface area contributed by atoms with Crippen LogP contribution in [0.25, 0.3) is 44.5 Å². The Balaban J connectivity index is 0.909. The lowest BCUT2D eigenvalue weighted by Crippen LogP contribution is -2.13. The molecule has 63 heavy (non-hydrogen) atoms. The molecule has 2 N–H and O–H groups in total. The molecule has 0 heterocycles. The van der Waals surface area contributed by atoms with Crippen LogP contribution in [0, 0.1) is 13.8 Å². The lowest BCUT2D eigenvalue weighted by molar-refractivity contribution is 0.248. The zero-order chi connectivity index (χ0) is 43.0. The van der Waals surface area contributed by atoms with E-state index in [9.17, 15) is 10.2 Å². The fourth-order valence-electron chi connectivity index (χ4n) is 11.5. The van der Waals surface area contributed by atoms with Crippen molar-refractivity contribution in [3.05, 3.63) is 134 Å². The summed E-state index contributed by atoms with van der Waals surface area (Å²) in [6.45, 7) is 5.13. The SMILES string of the molecule is COc1ccc(OCCCOc2ccccc2-c2cc(C)cc(-c3c4c(cc5c3CCCC5)CCCC4)c2O)c(-c2cc(C)cc(-c3c4c(cc5c3CCCC5)CCCC4)c2O)c1. The maximum absolute atomic E-state index is 12.4. The maximum atomic E-state index is 12.4. The Hall–Kier alpha value is -5.68. The van der Waals surface area contributed by atoms with Gasteiger partial charge in [-0.05, 0) is 232 Å². The zero-order valence-corrected chi connectivity index (χ0v) is 37.6. The van der Waals surface area contributed by atoms with Crippen LogP contribution in [-0.2, 0) is 51.4 Å². The summed E-state index contributed by atoms with van der Waals surface area (Å²) in [5.74, 6) is 2.80. The monoisotopic (exact) mass is 838 g/mol. The molecule has 0 aromatic heterocycles. The molecule has 0 saturated heterocycles. The molecule has 324 valence electrons. The third-order valence-corrected chi connectivity index (χ3v) is 14.5. The summed E-state index contributed by atoms with van der Waals surface area (Å²) in [6.07, 6.45) is 19.1. The van der Waals surface area contributed by atoms with Gasteiger partial charge in [0.05, 0.1) is 20.3 Å². The predicted molar refractivity (Wildman–Crippen MR) is 256 cm³/mol. The number of fused-ring (bicyclic) bond motifs is 4. The number of phenols is 2. The summed E-state index contributed by atoms with van der Waals surface area (Å²) in [5, 5.41) is 24.6. The van der Waals surface area contributed by atoms with Crippen LogP contribution >= 0.6 is 0 Å². The van der Waals surface area contributed by atoms with E-state index in [1.165, 1.54) is 107 Å². The second kappa shape index (κ2) is 17.8. The number of para-hydroxylation sites is 1. The van der Waals surface area contributed by atoms with Gasteiger partial charge in [-0.1, -0.05) is 30.3 Å². The summed E-state index contributed by atoms with van der Waals surface area (Å²) >= 11 is 0. The molecule has 6 aromatic rings. The summed E-state index contributed by atoms with van der Waals surface area (Å²) in [4.78, 5) is 0. The van der Waals surface area contributed by atoms with Crippen LogP contribution in [0.4, 0.5) is 0 Å². The zero-order valence-electron chi connectivity index (χ0n) is 37.6. The van der Waals surface area contributed by atoms with Crippen molar-refractivity contribution < 1.29 is 24.4 Å². The van der Waals surface area contributed by atoms with E-state index in [1.807, 2.05) is 36.4 Å². The van der Waals surface area contributed by atoms with Crippen LogP contribution < -0.4 is 14.2 Å². The van der Waals surface area contributed by atoms with E-state index in [4.69, 9.17) is 14.2 Å². The molecule has 5 nitrogen and oxygen atoms in total. The summed E-state index contributed by atoms with van der Waals surface area (Å²) in [5.41, 5.74) is 21.7. The Morgan fingerprint density at radius 3 is 1.32 bits per heavy atom. The molecule has 4 aliphatic rings. The highest BCUT2D eigenvalue weighted by atomic mass is 16.5. The first-order valence-corrected chi connectivity index (χ1v) is 23.9. The fourth-order valence-corrected chi connectivity index (χ4v) is 11.5. The van der Waals surface area contributed by atoms with Crippen molar-refractivity contribution in [2.75, 3.05) is 20.3 Å². The standard InChI is InChI=1S/C58H62O5/c1-36-29-49(57(59)51(31-36)55-43-19-8-4-15-38(43)33-39-16-5-9-20-44(39)55)47-23-12-13-24-53(47)62-27-14-28-63-54-26-25-42(61-3)35-48(54)50-30-37(2)32-52(58(50)60)56-45-21-10-6-17-40(45)34-41-18-7-11-22-46(41)56/h12-13,23-26,29-35,59-60H,4-11,14-22,27-28H2,1-3H3. The first kappa shape index (κ1) is 41.3. The second-order valence-electron chi connectivity index (χ2n) is 18.7. The van der Waals surface area contributed by atoms with Gasteiger partial charge >= 0.3 is 0 Å². The number of aromatic hydroxyl groups is 2. The molecular formula is C58H62O5. The summed E-state index contributed by atoms with van der Waals surface area (Å²) in [6, 6.07) is 27.5. The number of phenolic OH excluding ortho intramolecular Hbond substituents is 2. The number of ether oxygens (including phenoxy) is 3. The van der Waals surface area contributed by atoms with Gasteiger partial charge in [0, 0.05) is 39.8 Å². The lowest BCUT2D eigenvalue weighted by Gasteiger charge is -2.28. The molecule has 0 fully saturated rings. The molecule has 0 radical (unpaired) electrons. The van der Waals surface area contributed by atoms with Gasteiger partial charge in [0.1, 0.15) is 28.7 Å². The molecular weight excluding hydrogens is 777 g/mol. The normalized spacial score (nSPS) is 15.5. The van der Waals surface area contributed by atoms with E-state index >= 15 is 0 Å². The topological polar surface area (TPSA) is 68.2 Å². The molecule has 0 saturated carbocycles. The van der Waals surface area contributed by atoms with Crippen LogP contribution in [0.15, 0.2) is 78.9 Å². The van der Waals surface area contributed by atoms with Crippen molar-refractivity contribution in [2.24, 2.45) is 0 Å². The number of hydrogen-bond acceptors (Lipinski definition) is 5. The van der Waals surface area contributed by atoms with Gasteiger partial charge in [0.15, 0.2) is 0 Å². The van der Waals surface area contributed by atoms with Crippen molar-refractivity contribution in [3.8, 4) is 73.3 Å². The van der Waals surface area contributed by atoms with Crippen molar-refractivity contribution in [2.45, 2.75) is 123 Å². The van der Waals surface area contributed by atoms with Gasteiger partial charge < -0.3 is 24.4 Å². The maximum Gasteiger partial charge on any atom is 0.131 e. The summed E-state index contributed by atoms with van der Waals surface area (Å²) in [7, 11) is 1.68. The first-order chi connectivity index (χ1) is 30.9. The van der Waals surface area contributed by atoms with Gasteiger partial charge in [0.25, 0.3) is 0 Å². The van der Waals surface area contributed by atoms with Gasteiger partial charge in [-0.2, -0.15) is 0 Å². The van der Waals surface area contributed by atoms with Crippen molar-refractivity contribution in [3.63, 3.8) is 0 Å². The quantitative estimate of drug-likeness (QED) is 0.127. The second-order valence-corrected chi connectivity index (χ2v) is 18.7. The Bertz CT molecular complexity index is 2640. The minimum Gasteiger partial charge on any atom is -0.507 e. The molecule has 4 aliphatic carbocycles. The molecule has 0 unspecified atom stereocenters. The van der Waals surface area contributed by atoms with Crippen LogP contribution in [0.2, 0.25) is 0 Å².